The minimum absolute atomic E-state index is 0.0907. The Kier molecular flexibility index (Phi) is 6.90. The van der Waals surface area contributed by atoms with E-state index in [0.29, 0.717) is 15.4 Å². The van der Waals surface area contributed by atoms with Crippen LogP contribution in [0.4, 0.5) is 10.1 Å². The zero-order valence-electron chi connectivity index (χ0n) is 17.5. The normalized spacial score (nSPS) is 11.9. The highest BCUT2D eigenvalue weighted by molar-refractivity contribution is 7.92. The fraction of sp³-hybridized carbons (Fsp3) is 0.190. The maximum atomic E-state index is 13.0. The number of thiazole rings is 1. The molecule has 32 heavy (non-hydrogen) atoms. The van der Waals surface area contributed by atoms with Gasteiger partial charge in [0, 0.05) is 24.0 Å². The van der Waals surface area contributed by atoms with Crippen LogP contribution in [0.3, 0.4) is 0 Å². The number of ether oxygens (including phenoxy) is 1. The molecule has 0 atom stereocenters. The van der Waals surface area contributed by atoms with Crippen LogP contribution < -0.4 is 9.52 Å². The third kappa shape index (κ3) is 5.11. The Balaban J connectivity index is 1.81. The summed E-state index contributed by atoms with van der Waals surface area (Å²) in [6.45, 7) is 3.68. The first kappa shape index (κ1) is 23.4. The summed E-state index contributed by atoms with van der Waals surface area (Å²) < 4.78 is 46.8. The SMILES string of the molecule is CCOC(=O)c1sc(=NC(=O)c2ccc(NS(=O)(=O)c3ccc(F)cc3)cc2)n(C)c1C. The molecule has 11 heteroatoms. The van der Waals surface area contributed by atoms with Gasteiger partial charge in [0.05, 0.1) is 11.5 Å². The molecular weight excluding hydrogens is 457 g/mol. The van der Waals surface area contributed by atoms with Crippen molar-refractivity contribution in [2.45, 2.75) is 18.7 Å². The van der Waals surface area contributed by atoms with Crippen molar-refractivity contribution in [2.24, 2.45) is 12.0 Å². The Morgan fingerprint density at radius 3 is 2.34 bits per heavy atom. The second-order valence-electron chi connectivity index (χ2n) is 6.63. The summed E-state index contributed by atoms with van der Waals surface area (Å²) in [6, 6.07) is 10.1. The van der Waals surface area contributed by atoms with E-state index in [4.69, 9.17) is 4.74 Å². The lowest BCUT2D eigenvalue weighted by atomic mass is 10.2. The summed E-state index contributed by atoms with van der Waals surface area (Å²) in [6.07, 6.45) is 0. The Labute approximate surface area is 188 Å². The fourth-order valence-electron chi connectivity index (χ4n) is 2.67. The number of halogens is 1. The summed E-state index contributed by atoms with van der Waals surface area (Å²) in [5, 5.41) is 0. The zero-order chi connectivity index (χ0) is 23.5. The standard InChI is InChI=1S/C21H20FN3O5S2/c1-4-30-20(27)18-13(2)25(3)21(31-18)23-19(26)14-5-9-16(10-6-14)24-32(28,29)17-11-7-15(22)8-12-17/h5-12,24H,4H2,1-3H3. The van der Waals surface area contributed by atoms with Crippen LogP contribution in [-0.4, -0.2) is 31.5 Å². The second-order valence-corrected chi connectivity index (χ2v) is 9.29. The van der Waals surface area contributed by atoms with Crippen molar-refractivity contribution in [1.82, 2.24) is 4.57 Å². The van der Waals surface area contributed by atoms with E-state index in [1.165, 1.54) is 24.3 Å². The third-order valence-corrected chi connectivity index (χ3v) is 7.09. The average Bonchev–Trinajstić information content (AvgIpc) is 3.03. The molecule has 2 aromatic carbocycles. The van der Waals surface area contributed by atoms with Crippen molar-refractivity contribution < 1.29 is 27.1 Å². The van der Waals surface area contributed by atoms with Gasteiger partial charge in [0.2, 0.25) is 0 Å². The Morgan fingerprint density at radius 2 is 1.75 bits per heavy atom. The summed E-state index contributed by atoms with van der Waals surface area (Å²) in [5.74, 6) is -1.57. The van der Waals surface area contributed by atoms with Gasteiger partial charge in [-0.3, -0.25) is 9.52 Å². The number of nitrogens with one attached hydrogen (secondary N) is 1. The molecule has 0 saturated carbocycles. The Bertz CT molecular complexity index is 1330. The molecule has 3 aromatic rings. The number of sulfonamides is 1. The highest BCUT2D eigenvalue weighted by Crippen LogP contribution is 2.18. The molecular formula is C21H20FN3O5S2. The van der Waals surface area contributed by atoms with Crippen LogP contribution >= 0.6 is 11.3 Å². The van der Waals surface area contributed by atoms with Gasteiger partial charge in [0.25, 0.3) is 15.9 Å². The molecule has 1 amide bonds. The van der Waals surface area contributed by atoms with Crippen LogP contribution in [0, 0.1) is 12.7 Å². The number of rotatable bonds is 6. The van der Waals surface area contributed by atoms with E-state index in [1.54, 1.807) is 25.5 Å². The highest BCUT2D eigenvalue weighted by atomic mass is 32.2. The average molecular weight is 478 g/mol. The number of benzene rings is 2. The van der Waals surface area contributed by atoms with E-state index in [2.05, 4.69) is 9.71 Å². The molecule has 168 valence electrons. The molecule has 1 aromatic heterocycles. The minimum atomic E-state index is -3.90. The monoisotopic (exact) mass is 477 g/mol. The molecule has 0 bridgehead atoms. The third-order valence-electron chi connectivity index (χ3n) is 4.48. The lowest BCUT2D eigenvalue weighted by Crippen LogP contribution is -2.15. The van der Waals surface area contributed by atoms with Crippen molar-refractivity contribution in [3.63, 3.8) is 0 Å². The molecule has 0 aliphatic rings. The lowest BCUT2D eigenvalue weighted by Gasteiger charge is -2.08. The Hall–Kier alpha value is -3.31. The molecule has 0 spiro atoms. The van der Waals surface area contributed by atoms with Crippen molar-refractivity contribution in [3.8, 4) is 0 Å². The van der Waals surface area contributed by atoms with Gasteiger partial charge in [-0.15, -0.1) is 0 Å². The van der Waals surface area contributed by atoms with Crippen molar-refractivity contribution in [3.05, 3.63) is 75.3 Å². The maximum Gasteiger partial charge on any atom is 0.350 e. The van der Waals surface area contributed by atoms with Gasteiger partial charge in [-0.2, -0.15) is 4.99 Å². The number of nitrogens with zero attached hydrogens (tertiary/aromatic N) is 2. The van der Waals surface area contributed by atoms with E-state index in [0.717, 1.165) is 35.6 Å². The van der Waals surface area contributed by atoms with Crippen LogP contribution in [-0.2, 0) is 21.8 Å². The largest absolute Gasteiger partial charge is 0.462 e. The molecule has 0 aliphatic carbocycles. The van der Waals surface area contributed by atoms with Gasteiger partial charge in [-0.25, -0.2) is 17.6 Å². The molecule has 0 radical (unpaired) electrons. The first-order valence-corrected chi connectivity index (χ1v) is 11.7. The summed E-state index contributed by atoms with van der Waals surface area (Å²) in [5.41, 5.74) is 1.09. The molecule has 8 nitrogen and oxygen atoms in total. The van der Waals surface area contributed by atoms with Gasteiger partial charge >= 0.3 is 5.97 Å². The number of carbonyl (C=O) groups excluding carboxylic acids is 2. The minimum Gasteiger partial charge on any atom is -0.462 e. The number of aromatic nitrogens is 1. The number of amides is 1. The zero-order valence-corrected chi connectivity index (χ0v) is 19.1. The maximum absolute atomic E-state index is 13.0. The quantitative estimate of drug-likeness (QED) is 0.549. The van der Waals surface area contributed by atoms with Crippen LogP contribution in [0.15, 0.2) is 58.4 Å². The molecule has 0 saturated heterocycles. The fourth-order valence-corrected chi connectivity index (χ4v) is 4.74. The van der Waals surface area contributed by atoms with Crippen LogP contribution in [0.25, 0.3) is 0 Å². The number of carbonyl (C=O) groups is 2. The summed E-state index contributed by atoms with van der Waals surface area (Å²) in [7, 11) is -2.21. The molecule has 0 unspecified atom stereocenters. The van der Waals surface area contributed by atoms with Crippen LogP contribution in [0.2, 0.25) is 0 Å². The van der Waals surface area contributed by atoms with Crippen LogP contribution in [0.5, 0.6) is 0 Å². The predicted molar refractivity (Wildman–Crippen MR) is 118 cm³/mol. The van der Waals surface area contributed by atoms with Crippen molar-refractivity contribution in [1.29, 1.82) is 0 Å². The molecule has 0 aliphatic heterocycles. The van der Waals surface area contributed by atoms with Crippen LogP contribution in [0.1, 0.15) is 32.6 Å². The topological polar surface area (TPSA) is 107 Å². The number of hydrogen-bond acceptors (Lipinski definition) is 6. The van der Waals surface area contributed by atoms with Gasteiger partial charge in [-0.1, -0.05) is 11.3 Å². The number of esters is 1. The van der Waals surface area contributed by atoms with Gasteiger partial charge < -0.3 is 9.30 Å². The van der Waals surface area contributed by atoms with E-state index in [-0.39, 0.29) is 22.8 Å². The van der Waals surface area contributed by atoms with Gasteiger partial charge in [-0.05, 0) is 62.4 Å². The number of anilines is 1. The Morgan fingerprint density at radius 1 is 1.12 bits per heavy atom. The lowest BCUT2D eigenvalue weighted by molar-refractivity contribution is 0.0530. The molecule has 1 N–H and O–H groups in total. The molecule has 0 fully saturated rings. The smallest absolute Gasteiger partial charge is 0.350 e. The second kappa shape index (κ2) is 9.45. The first-order valence-electron chi connectivity index (χ1n) is 9.43. The van der Waals surface area contributed by atoms with Gasteiger partial charge in [0.15, 0.2) is 4.80 Å². The van der Waals surface area contributed by atoms with E-state index in [9.17, 15) is 22.4 Å². The van der Waals surface area contributed by atoms with E-state index < -0.39 is 27.7 Å². The summed E-state index contributed by atoms with van der Waals surface area (Å²) >= 11 is 1.05. The summed E-state index contributed by atoms with van der Waals surface area (Å²) in [4.78, 5) is 29.3. The highest BCUT2D eigenvalue weighted by Gasteiger charge is 2.17. The van der Waals surface area contributed by atoms with Gasteiger partial charge in [0.1, 0.15) is 10.7 Å². The molecule has 1 heterocycles. The number of hydrogen-bond donors (Lipinski definition) is 1. The molecule has 3 rings (SSSR count). The van der Waals surface area contributed by atoms with Crippen molar-refractivity contribution in [2.75, 3.05) is 11.3 Å². The first-order chi connectivity index (χ1) is 15.1. The van der Waals surface area contributed by atoms with Crippen molar-refractivity contribution >= 4 is 38.9 Å². The van der Waals surface area contributed by atoms with E-state index >= 15 is 0 Å². The predicted octanol–water partition coefficient (Wildman–Crippen LogP) is 3.25. The van der Waals surface area contributed by atoms with E-state index in [1.807, 2.05) is 0 Å².